The molecule has 1 saturated heterocycles. The highest BCUT2D eigenvalue weighted by Gasteiger charge is 2.29. The Hall–Kier alpha value is -1.42. The van der Waals surface area contributed by atoms with E-state index in [1.165, 1.54) is 31.2 Å². The van der Waals surface area contributed by atoms with Gasteiger partial charge in [-0.25, -0.2) is 0 Å². The second-order valence-corrected chi connectivity index (χ2v) is 6.55. The average molecular weight is 288 g/mol. The predicted octanol–water partition coefficient (Wildman–Crippen LogP) is 0.935. The zero-order valence-corrected chi connectivity index (χ0v) is 12.7. The highest BCUT2D eigenvalue weighted by Crippen LogP contribution is 2.19. The molecule has 0 aromatic carbocycles. The monoisotopic (exact) mass is 288 g/mol. The number of piperidine rings is 1. The fourth-order valence-electron chi connectivity index (χ4n) is 3.65. The third-order valence-corrected chi connectivity index (χ3v) is 4.94. The van der Waals surface area contributed by atoms with E-state index >= 15 is 0 Å². The Morgan fingerprint density at radius 1 is 1.24 bits per heavy atom. The molecule has 1 aliphatic carbocycles. The fraction of sp³-hybridized carbons (Fsp3) is 0.647. The van der Waals surface area contributed by atoms with Crippen LogP contribution in [0.15, 0.2) is 24.5 Å². The molecule has 2 fully saturated rings. The molecule has 3 rings (SSSR count). The normalized spacial score (nSPS) is 26.7. The van der Waals surface area contributed by atoms with Gasteiger partial charge in [0.05, 0.1) is 13.1 Å². The summed E-state index contributed by atoms with van der Waals surface area (Å²) in [6, 6.07) is 4.59. The van der Waals surface area contributed by atoms with Gasteiger partial charge >= 0.3 is 0 Å². The Balaban J connectivity index is 1.43. The number of amides is 1. The molecule has 0 unspecified atom stereocenters. The molecule has 1 aliphatic heterocycles. The lowest BCUT2D eigenvalue weighted by Gasteiger charge is -2.29. The summed E-state index contributed by atoms with van der Waals surface area (Å²) in [5, 5.41) is 3.25. The van der Waals surface area contributed by atoms with E-state index in [1.807, 2.05) is 18.5 Å². The Labute approximate surface area is 126 Å². The van der Waals surface area contributed by atoms with E-state index in [0.29, 0.717) is 11.9 Å². The van der Waals surface area contributed by atoms with Crippen molar-refractivity contribution < 1.29 is 9.69 Å². The second-order valence-electron chi connectivity index (χ2n) is 6.55. The lowest BCUT2D eigenvalue weighted by Crippen LogP contribution is -3.11. The van der Waals surface area contributed by atoms with Gasteiger partial charge in [0.25, 0.3) is 0 Å². The zero-order chi connectivity index (χ0) is 14.5. The molecule has 1 amide bonds. The summed E-state index contributed by atoms with van der Waals surface area (Å²) in [6.07, 6.45) is 10.7. The van der Waals surface area contributed by atoms with Crippen LogP contribution in [-0.4, -0.2) is 30.0 Å². The lowest BCUT2D eigenvalue weighted by molar-refractivity contribution is -0.919. The maximum Gasteiger partial charge on any atom is 0.223 e. The first kappa shape index (κ1) is 14.5. The molecular weight excluding hydrogens is 262 g/mol. The van der Waals surface area contributed by atoms with Gasteiger partial charge < -0.3 is 10.2 Å². The fourth-order valence-corrected chi connectivity index (χ4v) is 3.65. The van der Waals surface area contributed by atoms with Crippen LogP contribution < -0.4 is 10.2 Å². The number of likely N-dealkylation sites (tertiary alicyclic amines) is 1. The molecule has 4 heteroatoms. The molecule has 1 aromatic rings. The van der Waals surface area contributed by atoms with E-state index in [1.54, 1.807) is 4.90 Å². The van der Waals surface area contributed by atoms with Crippen LogP contribution in [0.1, 0.15) is 44.1 Å². The number of carbonyl (C=O) groups excluding carboxylic acids is 1. The molecule has 0 radical (unpaired) electrons. The maximum atomic E-state index is 12.3. The number of nitrogens with one attached hydrogen (secondary N) is 2. The Morgan fingerprint density at radius 2 is 2.00 bits per heavy atom. The first-order valence-corrected chi connectivity index (χ1v) is 8.34. The van der Waals surface area contributed by atoms with Gasteiger partial charge in [0.2, 0.25) is 5.91 Å². The van der Waals surface area contributed by atoms with Crippen LogP contribution in [0, 0.1) is 5.92 Å². The van der Waals surface area contributed by atoms with Gasteiger partial charge in [-0.05, 0) is 18.9 Å². The van der Waals surface area contributed by atoms with Crippen molar-refractivity contribution in [3.63, 3.8) is 0 Å². The maximum absolute atomic E-state index is 12.3. The van der Waals surface area contributed by atoms with E-state index in [-0.39, 0.29) is 5.92 Å². The van der Waals surface area contributed by atoms with Gasteiger partial charge in [-0.1, -0.05) is 18.9 Å². The molecule has 21 heavy (non-hydrogen) atoms. The smallest absolute Gasteiger partial charge is 0.223 e. The van der Waals surface area contributed by atoms with Crippen LogP contribution in [0.2, 0.25) is 0 Å². The molecule has 0 atom stereocenters. The Bertz CT molecular complexity index is 448. The standard InChI is InChI=1S/C17H25N3O/c21-17(19-16-5-1-2-6-16)15-7-10-20(11-8-15)13-14-4-3-9-18-12-14/h3-4,9,12,15-16H,1-2,5-8,10-11,13H2,(H,19,21)/p+1. The van der Waals surface area contributed by atoms with Crippen molar-refractivity contribution in [1.29, 1.82) is 0 Å². The van der Waals surface area contributed by atoms with Crippen LogP contribution in [0.3, 0.4) is 0 Å². The van der Waals surface area contributed by atoms with Crippen molar-refractivity contribution in [3.05, 3.63) is 30.1 Å². The third-order valence-electron chi connectivity index (χ3n) is 4.94. The Morgan fingerprint density at radius 3 is 2.67 bits per heavy atom. The van der Waals surface area contributed by atoms with Crippen LogP contribution in [0.4, 0.5) is 0 Å². The first-order chi connectivity index (χ1) is 10.3. The number of quaternary nitrogens is 1. The van der Waals surface area contributed by atoms with Gasteiger partial charge in [0, 0.05) is 42.8 Å². The Kier molecular flexibility index (Phi) is 4.86. The zero-order valence-electron chi connectivity index (χ0n) is 12.7. The van der Waals surface area contributed by atoms with Crippen molar-refractivity contribution in [2.75, 3.05) is 13.1 Å². The van der Waals surface area contributed by atoms with Crippen LogP contribution in [-0.2, 0) is 11.3 Å². The largest absolute Gasteiger partial charge is 0.353 e. The summed E-state index contributed by atoms with van der Waals surface area (Å²) >= 11 is 0. The highest BCUT2D eigenvalue weighted by molar-refractivity contribution is 5.79. The van der Waals surface area contributed by atoms with Crippen molar-refractivity contribution >= 4 is 5.91 Å². The van der Waals surface area contributed by atoms with Gasteiger partial charge in [-0.2, -0.15) is 0 Å². The predicted molar refractivity (Wildman–Crippen MR) is 81.8 cm³/mol. The summed E-state index contributed by atoms with van der Waals surface area (Å²) in [5.74, 6) is 0.547. The quantitative estimate of drug-likeness (QED) is 0.866. The number of pyridine rings is 1. The number of rotatable bonds is 4. The van der Waals surface area contributed by atoms with Crippen molar-refractivity contribution in [2.45, 2.75) is 51.1 Å². The molecule has 114 valence electrons. The number of hydrogen-bond donors (Lipinski definition) is 2. The molecule has 0 bridgehead atoms. The molecular formula is C17H26N3O+. The summed E-state index contributed by atoms with van der Waals surface area (Å²) in [7, 11) is 0. The highest BCUT2D eigenvalue weighted by atomic mass is 16.1. The van der Waals surface area contributed by atoms with Gasteiger partial charge in [0.1, 0.15) is 6.54 Å². The first-order valence-electron chi connectivity index (χ1n) is 8.34. The summed E-state index contributed by atoms with van der Waals surface area (Å²) in [4.78, 5) is 18.0. The molecule has 0 spiro atoms. The summed E-state index contributed by atoms with van der Waals surface area (Å²) in [5.41, 5.74) is 1.29. The number of aromatic nitrogens is 1. The minimum Gasteiger partial charge on any atom is -0.353 e. The number of hydrogen-bond acceptors (Lipinski definition) is 2. The van der Waals surface area contributed by atoms with Crippen LogP contribution >= 0.6 is 0 Å². The van der Waals surface area contributed by atoms with Crippen LogP contribution in [0.25, 0.3) is 0 Å². The summed E-state index contributed by atoms with van der Waals surface area (Å²) < 4.78 is 0. The summed E-state index contributed by atoms with van der Waals surface area (Å²) in [6.45, 7) is 3.22. The van der Waals surface area contributed by atoms with E-state index < -0.39 is 0 Å². The van der Waals surface area contributed by atoms with E-state index in [2.05, 4.69) is 16.4 Å². The van der Waals surface area contributed by atoms with Crippen molar-refractivity contribution in [3.8, 4) is 0 Å². The molecule has 2 aliphatic rings. The number of carbonyl (C=O) groups is 1. The molecule has 1 aromatic heterocycles. The van der Waals surface area contributed by atoms with E-state index in [0.717, 1.165) is 32.5 Å². The molecule has 2 heterocycles. The number of nitrogens with zero attached hydrogens (tertiary/aromatic N) is 1. The SMILES string of the molecule is O=C(NC1CCCC1)C1CC[NH+](Cc2cccnc2)CC1. The average Bonchev–Trinajstić information content (AvgIpc) is 3.02. The topological polar surface area (TPSA) is 46.4 Å². The van der Waals surface area contributed by atoms with Gasteiger partial charge in [0.15, 0.2) is 0 Å². The van der Waals surface area contributed by atoms with Gasteiger partial charge in [-0.15, -0.1) is 0 Å². The molecule has 1 saturated carbocycles. The van der Waals surface area contributed by atoms with Gasteiger partial charge in [-0.3, -0.25) is 9.78 Å². The lowest BCUT2D eigenvalue weighted by atomic mass is 9.95. The van der Waals surface area contributed by atoms with Crippen LogP contribution in [0.5, 0.6) is 0 Å². The second kappa shape index (κ2) is 7.03. The van der Waals surface area contributed by atoms with Crippen molar-refractivity contribution in [2.24, 2.45) is 5.92 Å². The third kappa shape index (κ3) is 4.03. The molecule has 2 N–H and O–H groups in total. The van der Waals surface area contributed by atoms with E-state index in [9.17, 15) is 4.79 Å². The van der Waals surface area contributed by atoms with Crippen molar-refractivity contribution in [1.82, 2.24) is 10.3 Å². The van der Waals surface area contributed by atoms with E-state index in [4.69, 9.17) is 0 Å². The minimum absolute atomic E-state index is 0.239. The minimum atomic E-state index is 0.239. The molecule has 4 nitrogen and oxygen atoms in total.